The molecule has 0 saturated heterocycles. The number of allylic oxidation sites excluding steroid dienone is 3. The molecule has 13 heteroatoms. The monoisotopic (exact) mass is 548 g/mol. The topological polar surface area (TPSA) is 188 Å². The average Bonchev–Trinajstić information content (AvgIpc) is 2.90. The summed E-state index contributed by atoms with van der Waals surface area (Å²) in [5.74, 6) is -5.92. The Hall–Kier alpha value is -3.13. The van der Waals surface area contributed by atoms with Gasteiger partial charge in [-0.15, -0.1) is 0 Å². The molecular weight excluding hydrogens is 508 g/mol. The summed E-state index contributed by atoms with van der Waals surface area (Å²) in [6.07, 6.45) is 3.43. The highest BCUT2D eigenvalue weighted by atomic mass is 16.7. The Kier molecular flexibility index (Phi) is 18.3. The molecule has 0 bridgehead atoms. The first-order chi connectivity index (χ1) is 18.0. The highest BCUT2D eigenvalue weighted by Gasteiger charge is 2.34. The predicted octanol–water partition coefficient (Wildman–Crippen LogP) is 2.30. The van der Waals surface area contributed by atoms with E-state index in [9.17, 15) is 34.8 Å². The number of aliphatic hydroxyl groups excluding tert-OH is 3. The summed E-state index contributed by atoms with van der Waals surface area (Å²) in [7, 11) is 0. The van der Waals surface area contributed by atoms with Crippen molar-refractivity contribution in [2.24, 2.45) is 0 Å². The Morgan fingerprint density at radius 2 is 1.08 bits per heavy atom. The van der Waals surface area contributed by atoms with Crippen molar-refractivity contribution in [3.63, 3.8) is 0 Å². The number of carbonyl (C=O) groups excluding carboxylic acids is 3. The SMILES string of the molecule is CC=C(O)C(=O)OCCCOCC(OCCCOC(=O)C(O)=CC)C(C)(O)OCCCOC(=O)C(O)=CC. The Bertz CT molecular complexity index is 814. The van der Waals surface area contributed by atoms with E-state index in [2.05, 4.69) is 0 Å². The van der Waals surface area contributed by atoms with Gasteiger partial charge < -0.3 is 48.8 Å². The Morgan fingerprint density at radius 1 is 0.684 bits per heavy atom. The molecule has 0 aliphatic carbocycles. The van der Waals surface area contributed by atoms with Crippen LogP contribution in [0.1, 0.15) is 47.0 Å². The van der Waals surface area contributed by atoms with Gasteiger partial charge in [0.05, 0.1) is 39.6 Å². The molecule has 2 unspecified atom stereocenters. The molecule has 13 nitrogen and oxygen atoms in total. The molecule has 4 N–H and O–H groups in total. The molecule has 218 valence electrons. The Labute approximate surface area is 222 Å². The minimum atomic E-state index is -1.82. The molecule has 0 aliphatic rings. The van der Waals surface area contributed by atoms with E-state index in [1.54, 1.807) is 0 Å². The summed E-state index contributed by atoms with van der Waals surface area (Å²) in [6.45, 7) is 5.81. The van der Waals surface area contributed by atoms with Crippen LogP contribution in [-0.4, -0.2) is 96.5 Å². The van der Waals surface area contributed by atoms with Crippen molar-refractivity contribution in [3.05, 3.63) is 35.5 Å². The number of ether oxygens (including phenoxy) is 6. The van der Waals surface area contributed by atoms with Gasteiger partial charge in [-0.2, -0.15) is 0 Å². The molecule has 0 amide bonds. The second kappa shape index (κ2) is 19.9. The maximum absolute atomic E-state index is 11.5. The van der Waals surface area contributed by atoms with Crippen LogP contribution in [0.2, 0.25) is 0 Å². The summed E-state index contributed by atoms with van der Waals surface area (Å²) >= 11 is 0. The highest BCUT2D eigenvalue weighted by molar-refractivity contribution is 5.86. The lowest BCUT2D eigenvalue weighted by Gasteiger charge is -2.32. The third-order valence-corrected chi connectivity index (χ3v) is 4.74. The number of esters is 3. The van der Waals surface area contributed by atoms with E-state index in [0.717, 1.165) is 0 Å². The van der Waals surface area contributed by atoms with Crippen LogP contribution in [0.5, 0.6) is 0 Å². The lowest BCUT2D eigenvalue weighted by atomic mass is 10.2. The number of aliphatic hydroxyl groups is 4. The van der Waals surface area contributed by atoms with Gasteiger partial charge in [0.25, 0.3) is 0 Å². The van der Waals surface area contributed by atoms with Crippen LogP contribution >= 0.6 is 0 Å². The third kappa shape index (κ3) is 15.2. The molecule has 0 rings (SSSR count). The fourth-order valence-corrected chi connectivity index (χ4v) is 2.49. The van der Waals surface area contributed by atoms with Gasteiger partial charge in [0.2, 0.25) is 0 Å². The van der Waals surface area contributed by atoms with E-state index in [0.29, 0.717) is 6.42 Å². The lowest BCUT2D eigenvalue weighted by Crippen LogP contribution is -2.47. The quantitative estimate of drug-likeness (QED) is 0.0434. The molecule has 38 heavy (non-hydrogen) atoms. The van der Waals surface area contributed by atoms with Crippen LogP contribution in [0, 0.1) is 0 Å². The summed E-state index contributed by atoms with van der Waals surface area (Å²) in [6, 6.07) is 0. The van der Waals surface area contributed by atoms with Crippen molar-refractivity contribution in [1.29, 1.82) is 0 Å². The van der Waals surface area contributed by atoms with E-state index >= 15 is 0 Å². The third-order valence-electron chi connectivity index (χ3n) is 4.74. The molecule has 2 atom stereocenters. The van der Waals surface area contributed by atoms with E-state index in [1.807, 2.05) is 0 Å². The zero-order chi connectivity index (χ0) is 29.0. The molecule has 0 aromatic heterocycles. The second-order valence-corrected chi connectivity index (χ2v) is 7.83. The Morgan fingerprint density at radius 3 is 1.50 bits per heavy atom. The molecule has 0 aliphatic heterocycles. The van der Waals surface area contributed by atoms with Gasteiger partial charge in [0.1, 0.15) is 6.10 Å². The largest absolute Gasteiger partial charge is 0.502 e. The van der Waals surface area contributed by atoms with Crippen LogP contribution < -0.4 is 0 Å². The maximum Gasteiger partial charge on any atom is 0.373 e. The molecule has 0 radical (unpaired) electrons. The number of carbonyl (C=O) groups is 3. The van der Waals surface area contributed by atoms with Crippen LogP contribution in [-0.2, 0) is 42.8 Å². The van der Waals surface area contributed by atoms with Gasteiger partial charge in [0, 0.05) is 25.9 Å². The van der Waals surface area contributed by atoms with Gasteiger partial charge in [-0.3, -0.25) is 0 Å². The number of rotatable bonds is 20. The normalized spacial score (nSPS) is 14.9. The molecule has 0 heterocycles. The zero-order valence-corrected chi connectivity index (χ0v) is 22.3. The molecular formula is C25H40O13. The smallest absolute Gasteiger partial charge is 0.373 e. The number of hydrogen-bond acceptors (Lipinski definition) is 13. The molecule has 0 aromatic rings. The summed E-state index contributed by atoms with van der Waals surface area (Å²) < 4.78 is 31.3. The van der Waals surface area contributed by atoms with Crippen molar-refractivity contribution in [3.8, 4) is 0 Å². The average molecular weight is 549 g/mol. The van der Waals surface area contributed by atoms with Crippen molar-refractivity contribution >= 4 is 17.9 Å². The first-order valence-electron chi connectivity index (χ1n) is 12.1. The minimum Gasteiger partial charge on any atom is -0.502 e. The lowest BCUT2D eigenvalue weighted by molar-refractivity contribution is -0.266. The molecule has 0 spiro atoms. The van der Waals surface area contributed by atoms with Crippen molar-refractivity contribution < 1.29 is 63.2 Å². The summed E-state index contributed by atoms with van der Waals surface area (Å²) in [4.78, 5) is 34.3. The van der Waals surface area contributed by atoms with E-state index in [1.165, 1.54) is 45.9 Å². The van der Waals surface area contributed by atoms with Crippen LogP contribution in [0.25, 0.3) is 0 Å². The molecule has 0 fully saturated rings. The van der Waals surface area contributed by atoms with Crippen molar-refractivity contribution in [2.45, 2.75) is 58.8 Å². The fraction of sp³-hybridized carbons (Fsp3) is 0.640. The van der Waals surface area contributed by atoms with Crippen LogP contribution in [0.3, 0.4) is 0 Å². The van der Waals surface area contributed by atoms with E-state index < -0.39 is 47.1 Å². The van der Waals surface area contributed by atoms with Gasteiger partial charge in [-0.25, -0.2) is 14.4 Å². The van der Waals surface area contributed by atoms with Crippen LogP contribution in [0.15, 0.2) is 35.5 Å². The highest BCUT2D eigenvalue weighted by Crippen LogP contribution is 2.17. The zero-order valence-electron chi connectivity index (χ0n) is 22.3. The minimum absolute atomic E-state index is 0.00105. The fourth-order valence-electron chi connectivity index (χ4n) is 2.49. The van der Waals surface area contributed by atoms with Gasteiger partial charge in [-0.05, 0) is 45.9 Å². The van der Waals surface area contributed by atoms with E-state index in [-0.39, 0.29) is 59.1 Å². The maximum atomic E-state index is 11.5. The van der Waals surface area contributed by atoms with Gasteiger partial charge in [0.15, 0.2) is 23.1 Å². The summed E-state index contributed by atoms with van der Waals surface area (Å²) in [5.41, 5.74) is 0. The van der Waals surface area contributed by atoms with Gasteiger partial charge >= 0.3 is 17.9 Å². The second-order valence-electron chi connectivity index (χ2n) is 7.83. The first-order valence-corrected chi connectivity index (χ1v) is 12.1. The van der Waals surface area contributed by atoms with E-state index in [4.69, 9.17) is 28.4 Å². The molecule has 0 aromatic carbocycles. The molecule has 0 saturated carbocycles. The van der Waals surface area contributed by atoms with Crippen LogP contribution in [0.4, 0.5) is 0 Å². The predicted molar refractivity (Wildman–Crippen MR) is 133 cm³/mol. The van der Waals surface area contributed by atoms with Gasteiger partial charge in [-0.1, -0.05) is 0 Å². The van der Waals surface area contributed by atoms with Crippen molar-refractivity contribution in [1.82, 2.24) is 0 Å². The standard InChI is InChI=1S/C25H40O13/c1-5-18(26)22(29)35-13-8-11-33-17-21(34-12-9-14-36-23(30)19(27)6-2)25(4,32)38-16-10-15-37-24(31)20(28)7-3/h5-7,21,26-28,32H,8-17H2,1-4H3. The Balaban J connectivity index is 4.70. The first kappa shape index (κ1) is 34.9. The number of hydrogen-bond donors (Lipinski definition) is 4. The summed E-state index contributed by atoms with van der Waals surface area (Å²) in [5, 5.41) is 38.7. The van der Waals surface area contributed by atoms with Crippen molar-refractivity contribution in [2.75, 3.05) is 46.2 Å².